The molecule has 2 rings (SSSR count). The van der Waals surface area contributed by atoms with Gasteiger partial charge in [0.2, 0.25) is 0 Å². The maximum Gasteiger partial charge on any atom is 0.279 e. The minimum absolute atomic E-state index is 0.238. The standard InChI is InChI=1S/C16H27N3O3S/c1-18(13-15-7-3-2-4-8-15)23(21,22)17-10-6-12-19-11-5-9-16(20)14-19/h2-4,7-8,16-17,20H,5-6,9-14H2,1H3/t16-/m1/s1. The van der Waals surface area contributed by atoms with Crippen LogP contribution in [0.2, 0.25) is 0 Å². The van der Waals surface area contributed by atoms with E-state index >= 15 is 0 Å². The molecular formula is C16H27N3O3S. The van der Waals surface area contributed by atoms with Crippen LogP contribution in [0.15, 0.2) is 30.3 Å². The lowest BCUT2D eigenvalue weighted by molar-refractivity contribution is 0.0703. The molecule has 0 radical (unpaired) electrons. The van der Waals surface area contributed by atoms with E-state index in [-0.39, 0.29) is 6.10 Å². The van der Waals surface area contributed by atoms with Crippen molar-refractivity contribution in [3.05, 3.63) is 35.9 Å². The molecule has 0 amide bonds. The molecule has 130 valence electrons. The first-order valence-corrected chi connectivity index (χ1v) is 9.56. The van der Waals surface area contributed by atoms with Gasteiger partial charge in [-0.1, -0.05) is 30.3 Å². The third-order valence-corrected chi connectivity index (χ3v) is 5.59. The lowest BCUT2D eigenvalue weighted by Gasteiger charge is -2.29. The summed E-state index contributed by atoms with van der Waals surface area (Å²) >= 11 is 0. The highest BCUT2D eigenvalue weighted by Gasteiger charge is 2.19. The molecule has 1 heterocycles. The van der Waals surface area contributed by atoms with E-state index in [9.17, 15) is 13.5 Å². The van der Waals surface area contributed by atoms with Crippen molar-refractivity contribution in [3.63, 3.8) is 0 Å². The highest BCUT2D eigenvalue weighted by molar-refractivity contribution is 7.87. The number of aliphatic hydroxyl groups excluding tert-OH is 1. The Morgan fingerprint density at radius 1 is 1.35 bits per heavy atom. The van der Waals surface area contributed by atoms with Crippen LogP contribution in [0.4, 0.5) is 0 Å². The van der Waals surface area contributed by atoms with Crippen molar-refractivity contribution in [2.45, 2.75) is 31.9 Å². The van der Waals surface area contributed by atoms with Gasteiger partial charge in [-0.05, 0) is 37.9 Å². The van der Waals surface area contributed by atoms with Crippen molar-refractivity contribution < 1.29 is 13.5 Å². The van der Waals surface area contributed by atoms with Gasteiger partial charge in [0.15, 0.2) is 0 Å². The fourth-order valence-electron chi connectivity index (χ4n) is 2.77. The summed E-state index contributed by atoms with van der Waals surface area (Å²) in [4.78, 5) is 2.19. The Morgan fingerprint density at radius 3 is 2.78 bits per heavy atom. The smallest absolute Gasteiger partial charge is 0.279 e. The van der Waals surface area contributed by atoms with E-state index in [1.807, 2.05) is 30.3 Å². The fourth-order valence-corrected chi connectivity index (χ4v) is 3.72. The molecule has 0 aromatic heterocycles. The largest absolute Gasteiger partial charge is 0.392 e. The summed E-state index contributed by atoms with van der Waals surface area (Å²) in [7, 11) is -1.88. The molecule has 1 aromatic carbocycles. The van der Waals surface area contributed by atoms with E-state index in [1.165, 1.54) is 4.31 Å². The van der Waals surface area contributed by atoms with E-state index in [2.05, 4.69) is 9.62 Å². The molecule has 23 heavy (non-hydrogen) atoms. The zero-order chi connectivity index (χ0) is 16.7. The van der Waals surface area contributed by atoms with Crippen LogP contribution < -0.4 is 4.72 Å². The Morgan fingerprint density at radius 2 is 2.09 bits per heavy atom. The van der Waals surface area contributed by atoms with Crippen molar-refractivity contribution in [1.29, 1.82) is 0 Å². The molecule has 7 heteroatoms. The van der Waals surface area contributed by atoms with Crippen molar-refractivity contribution in [1.82, 2.24) is 13.9 Å². The van der Waals surface area contributed by atoms with Gasteiger partial charge >= 0.3 is 0 Å². The molecule has 1 saturated heterocycles. The van der Waals surface area contributed by atoms with Crippen LogP contribution in [-0.4, -0.2) is 62.1 Å². The first-order valence-electron chi connectivity index (χ1n) is 8.12. The van der Waals surface area contributed by atoms with Crippen molar-refractivity contribution in [3.8, 4) is 0 Å². The molecule has 0 bridgehead atoms. The Hall–Kier alpha value is -0.990. The van der Waals surface area contributed by atoms with Gasteiger partial charge in [-0.25, -0.2) is 4.72 Å². The highest BCUT2D eigenvalue weighted by Crippen LogP contribution is 2.10. The van der Waals surface area contributed by atoms with Crippen LogP contribution in [0.1, 0.15) is 24.8 Å². The SMILES string of the molecule is CN(Cc1ccccc1)S(=O)(=O)NCCCN1CCC[C@@H](O)C1. The summed E-state index contributed by atoms with van der Waals surface area (Å²) in [5.74, 6) is 0. The number of nitrogens with one attached hydrogen (secondary N) is 1. The van der Waals surface area contributed by atoms with Gasteiger partial charge in [-0.2, -0.15) is 12.7 Å². The number of rotatable bonds is 8. The van der Waals surface area contributed by atoms with Gasteiger partial charge in [0.25, 0.3) is 10.2 Å². The molecule has 0 aliphatic carbocycles. The van der Waals surface area contributed by atoms with Crippen LogP contribution in [-0.2, 0) is 16.8 Å². The molecule has 0 unspecified atom stereocenters. The molecule has 0 spiro atoms. The summed E-state index contributed by atoms with van der Waals surface area (Å²) in [6.07, 6.45) is 2.38. The Labute approximate surface area is 139 Å². The van der Waals surface area contributed by atoms with Gasteiger partial charge in [0.05, 0.1) is 6.10 Å². The number of likely N-dealkylation sites (tertiary alicyclic amines) is 1. The quantitative estimate of drug-likeness (QED) is 0.686. The third kappa shape index (κ3) is 6.19. The minimum Gasteiger partial charge on any atom is -0.392 e. The second-order valence-corrected chi connectivity index (χ2v) is 7.95. The molecule has 1 aromatic rings. The molecule has 1 aliphatic rings. The first kappa shape index (κ1) is 18.4. The maximum absolute atomic E-state index is 12.2. The predicted molar refractivity (Wildman–Crippen MR) is 91.1 cm³/mol. The highest BCUT2D eigenvalue weighted by atomic mass is 32.2. The molecular weight excluding hydrogens is 314 g/mol. The van der Waals surface area contributed by atoms with Gasteiger partial charge in [0.1, 0.15) is 0 Å². The van der Waals surface area contributed by atoms with Gasteiger partial charge in [0, 0.05) is 26.7 Å². The number of hydrogen-bond acceptors (Lipinski definition) is 4. The van der Waals surface area contributed by atoms with E-state index in [1.54, 1.807) is 7.05 Å². The zero-order valence-electron chi connectivity index (χ0n) is 13.7. The molecule has 0 saturated carbocycles. The van der Waals surface area contributed by atoms with E-state index in [4.69, 9.17) is 0 Å². The second kappa shape index (κ2) is 8.75. The van der Waals surface area contributed by atoms with E-state index < -0.39 is 10.2 Å². The van der Waals surface area contributed by atoms with Crippen molar-refractivity contribution >= 4 is 10.2 Å². The summed E-state index contributed by atoms with van der Waals surface area (Å²) in [5, 5.41) is 9.62. The summed E-state index contributed by atoms with van der Waals surface area (Å²) in [6, 6.07) is 9.53. The first-order chi connectivity index (χ1) is 11.0. The number of β-amino-alcohol motifs (C(OH)–C–C–N with tert-alkyl or cyclic N) is 1. The molecule has 1 atom stereocenters. The maximum atomic E-state index is 12.2. The molecule has 1 fully saturated rings. The zero-order valence-corrected chi connectivity index (χ0v) is 14.5. The van der Waals surface area contributed by atoms with Crippen LogP contribution in [0.25, 0.3) is 0 Å². The lowest BCUT2D eigenvalue weighted by atomic mass is 10.1. The molecule has 2 N–H and O–H groups in total. The van der Waals surface area contributed by atoms with Crippen LogP contribution >= 0.6 is 0 Å². The Balaban J connectivity index is 1.71. The normalized spacial score (nSPS) is 20.0. The average molecular weight is 341 g/mol. The topological polar surface area (TPSA) is 72.9 Å². The predicted octanol–water partition coefficient (Wildman–Crippen LogP) is 0.800. The molecule has 6 nitrogen and oxygen atoms in total. The van der Waals surface area contributed by atoms with Crippen LogP contribution in [0, 0.1) is 0 Å². The second-order valence-electron chi connectivity index (χ2n) is 6.09. The van der Waals surface area contributed by atoms with Crippen molar-refractivity contribution in [2.75, 3.05) is 33.2 Å². The number of aliphatic hydroxyl groups is 1. The van der Waals surface area contributed by atoms with E-state index in [0.29, 0.717) is 19.6 Å². The fraction of sp³-hybridized carbons (Fsp3) is 0.625. The van der Waals surface area contributed by atoms with Gasteiger partial charge in [-0.15, -0.1) is 0 Å². The number of nitrogens with zero attached hydrogens (tertiary/aromatic N) is 2. The van der Waals surface area contributed by atoms with Crippen LogP contribution in [0.3, 0.4) is 0 Å². The number of hydrogen-bond donors (Lipinski definition) is 2. The summed E-state index contributed by atoms with van der Waals surface area (Å²) in [5.41, 5.74) is 0.961. The average Bonchev–Trinajstić information content (AvgIpc) is 2.53. The Kier molecular flexibility index (Phi) is 6.98. The Bertz CT molecular complexity index is 565. The molecule has 1 aliphatic heterocycles. The van der Waals surface area contributed by atoms with Crippen LogP contribution in [0.5, 0.6) is 0 Å². The summed E-state index contributed by atoms with van der Waals surface area (Å²) < 4.78 is 28.4. The van der Waals surface area contributed by atoms with Crippen molar-refractivity contribution in [2.24, 2.45) is 0 Å². The third-order valence-electron chi connectivity index (χ3n) is 4.07. The number of piperidine rings is 1. The number of benzene rings is 1. The lowest BCUT2D eigenvalue weighted by Crippen LogP contribution is -2.41. The summed E-state index contributed by atoms with van der Waals surface area (Å²) in [6.45, 7) is 3.25. The van der Waals surface area contributed by atoms with E-state index in [0.717, 1.165) is 37.9 Å². The monoisotopic (exact) mass is 341 g/mol. The minimum atomic E-state index is -3.46. The van der Waals surface area contributed by atoms with Gasteiger partial charge in [-0.3, -0.25) is 0 Å². The van der Waals surface area contributed by atoms with Gasteiger partial charge < -0.3 is 10.0 Å².